The highest BCUT2D eigenvalue weighted by Gasteiger charge is 2.14. The van der Waals surface area contributed by atoms with Gasteiger partial charge in [0.15, 0.2) is 0 Å². The molecule has 0 bridgehead atoms. The minimum Gasteiger partial charge on any atom is -0.154 e. The highest BCUT2D eigenvalue weighted by atomic mass is 15.1. The lowest BCUT2D eigenvalue weighted by Gasteiger charge is -2.15. The van der Waals surface area contributed by atoms with Crippen molar-refractivity contribution >= 4 is 0 Å². The maximum absolute atomic E-state index is 3.94. The van der Waals surface area contributed by atoms with E-state index >= 15 is 0 Å². The average Bonchev–Trinajstić information content (AvgIpc) is 1.88. The van der Waals surface area contributed by atoms with E-state index in [0.29, 0.717) is 0 Å². The van der Waals surface area contributed by atoms with Crippen molar-refractivity contribution < 1.29 is 0 Å². The van der Waals surface area contributed by atoms with E-state index < -0.39 is 0 Å². The fourth-order valence-corrected chi connectivity index (χ4v) is 0.666. The van der Waals surface area contributed by atoms with Crippen LogP contribution in [-0.4, -0.2) is 10.2 Å². The third-order valence-corrected chi connectivity index (χ3v) is 1.30. The van der Waals surface area contributed by atoms with Gasteiger partial charge in [0, 0.05) is 5.41 Å². The fraction of sp³-hybridized carbons (Fsp3) is 0.500. The van der Waals surface area contributed by atoms with Crippen molar-refractivity contribution in [3.8, 4) is 0 Å². The van der Waals surface area contributed by atoms with Gasteiger partial charge in [0.25, 0.3) is 0 Å². The SMILES string of the molecule is CC(C)(C)c1cc[c]nn1. The Balaban J connectivity index is 2.97. The summed E-state index contributed by atoms with van der Waals surface area (Å²) in [6.45, 7) is 6.32. The summed E-state index contributed by atoms with van der Waals surface area (Å²) in [6.07, 6.45) is 2.64. The molecule has 0 aliphatic heterocycles. The van der Waals surface area contributed by atoms with Crippen LogP contribution in [0.1, 0.15) is 26.5 Å². The fourth-order valence-electron chi connectivity index (χ4n) is 0.666. The van der Waals surface area contributed by atoms with Gasteiger partial charge in [0.2, 0.25) is 0 Å². The molecule has 1 heterocycles. The van der Waals surface area contributed by atoms with Gasteiger partial charge in [-0.1, -0.05) is 20.8 Å². The van der Waals surface area contributed by atoms with Gasteiger partial charge in [-0.25, -0.2) is 0 Å². The molecule has 0 fully saturated rings. The molecule has 1 aromatic rings. The first kappa shape index (κ1) is 7.19. The monoisotopic (exact) mass is 135 g/mol. The molecule has 2 nitrogen and oxygen atoms in total. The lowest BCUT2D eigenvalue weighted by atomic mass is 9.92. The maximum Gasteiger partial charge on any atom is 0.113 e. The Bertz CT molecular complexity index is 198. The zero-order chi connectivity index (χ0) is 7.61. The predicted octanol–water partition coefficient (Wildman–Crippen LogP) is 1.57. The molecule has 0 atom stereocenters. The van der Waals surface area contributed by atoms with Crippen molar-refractivity contribution in [1.29, 1.82) is 0 Å². The number of rotatable bonds is 0. The van der Waals surface area contributed by atoms with E-state index in [0.717, 1.165) is 5.69 Å². The molecule has 1 rings (SSSR count). The Kier molecular flexibility index (Phi) is 1.70. The summed E-state index contributed by atoms with van der Waals surface area (Å²) in [5.74, 6) is 0. The molecule has 2 heteroatoms. The van der Waals surface area contributed by atoms with Crippen LogP contribution in [0.2, 0.25) is 0 Å². The molecule has 10 heavy (non-hydrogen) atoms. The van der Waals surface area contributed by atoms with Crippen molar-refractivity contribution in [2.24, 2.45) is 0 Å². The van der Waals surface area contributed by atoms with Crippen LogP contribution in [0, 0.1) is 6.20 Å². The zero-order valence-electron chi connectivity index (χ0n) is 6.55. The molecule has 53 valence electrons. The number of hydrogen-bond acceptors (Lipinski definition) is 2. The minimum absolute atomic E-state index is 0.0993. The van der Waals surface area contributed by atoms with E-state index in [1.807, 2.05) is 6.07 Å². The zero-order valence-corrected chi connectivity index (χ0v) is 6.55. The normalized spacial score (nSPS) is 11.5. The molecule has 0 N–H and O–H groups in total. The Morgan fingerprint density at radius 1 is 1.40 bits per heavy atom. The average molecular weight is 135 g/mol. The van der Waals surface area contributed by atoms with Gasteiger partial charge in [-0.2, -0.15) is 5.10 Å². The highest BCUT2D eigenvalue weighted by Crippen LogP contribution is 2.17. The van der Waals surface area contributed by atoms with E-state index in [4.69, 9.17) is 0 Å². The molecule has 1 aromatic heterocycles. The standard InChI is InChI=1S/C8H11N2/c1-8(2,3)7-5-4-6-9-10-7/h4-5H,1-3H3. The number of aromatic nitrogens is 2. The molecule has 0 amide bonds. The van der Waals surface area contributed by atoms with Crippen LogP contribution in [0.5, 0.6) is 0 Å². The molecule has 0 unspecified atom stereocenters. The molecule has 0 aliphatic rings. The number of hydrogen-bond donors (Lipinski definition) is 0. The molecular formula is C8H11N2. The molecular weight excluding hydrogens is 124 g/mol. The van der Waals surface area contributed by atoms with Crippen LogP contribution < -0.4 is 0 Å². The number of nitrogens with zero attached hydrogens (tertiary/aromatic N) is 2. The summed E-state index contributed by atoms with van der Waals surface area (Å²) in [6, 6.07) is 3.72. The largest absolute Gasteiger partial charge is 0.154 e. The van der Waals surface area contributed by atoms with E-state index in [2.05, 4.69) is 37.2 Å². The van der Waals surface area contributed by atoms with Crippen molar-refractivity contribution in [3.05, 3.63) is 24.0 Å². The van der Waals surface area contributed by atoms with Crippen LogP contribution in [0.15, 0.2) is 12.1 Å². The predicted molar refractivity (Wildman–Crippen MR) is 39.6 cm³/mol. The van der Waals surface area contributed by atoms with Gasteiger partial charge in [-0.05, 0) is 12.1 Å². The lowest BCUT2D eigenvalue weighted by molar-refractivity contribution is 0.558. The summed E-state index contributed by atoms with van der Waals surface area (Å²) in [5, 5.41) is 7.62. The first-order chi connectivity index (χ1) is 4.61. The van der Waals surface area contributed by atoms with E-state index in [-0.39, 0.29) is 5.41 Å². The van der Waals surface area contributed by atoms with Crippen LogP contribution in [0.25, 0.3) is 0 Å². The van der Waals surface area contributed by atoms with Gasteiger partial charge in [-0.3, -0.25) is 0 Å². The molecule has 0 spiro atoms. The van der Waals surface area contributed by atoms with Crippen LogP contribution in [-0.2, 0) is 5.41 Å². The van der Waals surface area contributed by atoms with Crippen LogP contribution in [0.4, 0.5) is 0 Å². The van der Waals surface area contributed by atoms with Gasteiger partial charge in [-0.15, -0.1) is 5.10 Å². The third kappa shape index (κ3) is 1.53. The van der Waals surface area contributed by atoms with Crippen LogP contribution >= 0.6 is 0 Å². The van der Waals surface area contributed by atoms with Crippen molar-refractivity contribution in [2.75, 3.05) is 0 Å². The quantitative estimate of drug-likeness (QED) is 0.539. The molecule has 1 radical (unpaired) electrons. The second kappa shape index (κ2) is 2.37. The molecule has 0 saturated carbocycles. The van der Waals surface area contributed by atoms with Crippen molar-refractivity contribution in [1.82, 2.24) is 10.2 Å². The second-order valence-electron chi connectivity index (χ2n) is 3.30. The van der Waals surface area contributed by atoms with E-state index in [1.165, 1.54) is 0 Å². The summed E-state index contributed by atoms with van der Waals surface area (Å²) in [7, 11) is 0. The van der Waals surface area contributed by atoms with Gasteiger partial charge < -0.3 is 0 Å². The lowest BCUT2D eigenvalue weighted by Crippen LogP contribution is -2.13. The van der Waals surface area contributed by atoms with Gasteiger partial charge in [0.1, 0.15) is 6.20 Å². The Hall–Kier alpha value is -0.920. The Morgan fingerprint density at radius 2 is 2.10 bits per heavy atom. The third-order valence-electron chi connectivity index (χ3n) is 1.30. The van der Waals surface area contributed by atoms with E-state index in [9.17, 15) is 0 Å². The van der Waals surface area contributed by atoms with Crippen LogP contribution in [0.3, 0.4) is 0 Å². The summed E-state index contributed by atoms with van der Waals surface area (Å²) in [4.78, 5) is 0. The maximum atomic E-state index is 3.94. The highest BCUT2D eigenvalue weighted by molar-refractivity contribution is 5.09. The van der Waals surface area contributed by atoms with E-state index in [1.54, 1.807) is 6.07 Å². The van der Waals surface area contributed by atoms with Gasteiger partial charge in [0.05, 0.1) is 5.69 Å². The minimum atomic E-state index is 0.0993. The first-order valence-corrected chi connectivity index (χ1v) is 3.31. The Labute approximate surface area is 61.3 Å². The molecule has 0 saturated heterocycles. The second-order valence-corrected chi connectivity index (χ2v) is 3.30. The summed E-state index contributed by atoms with van der Waals surface area (Å²) >= 11 is 0. The molecule has 0 aliphatic carbocycles. The Morgan fingerprint density at radius 3 is 2.40 bits per heavy atom. The topological polar surface area (TPSA) is 25.8 Å². The molecule has 0 aromatic carbocycles. The smallest absolute Gasteiger partial charge is 0.113 e. The summed E-state index contributed by atoms with van der Waals surface area (Å²) < 4.78 is 0. The van der Waals surface area contributed by atoms with Crippen molar-refractivity contribution in [3.63, 3.8) is 0 Å². The van der Waals surface area contributed by atoms with Crippen molar-refractivity contribution in [2.45, 2.75) is 26.2 Å². The van der Waals surface area contributed by atoms with Gasteiger partial charge >= 0.3 is 0 Å². The first-order valence-electron chi connectivity index (χ1n) is 3.31. The summed E-state index contributed by atoms with van der Waals surface area (Å²) in [5.41, 5.74) is 1.11.